The van der Waals surface area contributed by atoms with Crippen molar-refractivity contribution in [3.05, 3.63) is 11.9 Å². The first-order valence-corrected chi connectivity index (χ1v) is 3.72. The van der Waals surface area contributed by atoms with Gasteiger partial charge in [-0.1, -0.05) is 19.8 Å². The van der Waals surface area contributed by atoms with Gasteiger partial charge >= 0.3 is 0 Å². The number of allylic oxidation sites excluding steroid dienone is 1. The fourth-order valence-corrected chi connectivity index (χ4v) is 0.758. The Hall–Kier alpha value is -0.700. The van der Waals surface area contributed by atoms with Crippen LogP contribution in [-0.4, -0.2) is 0 Å². The lowest BCUT2D eigenvalue weighted by Gasteiger charge is -1.99. The molecule has 0 rings (SSSR count). The SMILES string of the molecule is CCCCC/C(N)=C/NN. The summed E-state index contributed by atoms with van der Waals surface area (Å²) in [5.41, 5.74) is 8.78. The summed E-state index contributed by atoms with van der Waals surface area (Å²) >= 11 is 0. The average Bonchev–Trinajstić information content (AvgIpc) is 1.89. The molecule has 0 aliphatic rings. The lowest BCUT2D eigenvalue weighted by atomic mass is 10.2. The van der Waals surface area contributed by atoms with Crippen LogP contribution >= 0.6 is 0 Å². The third kappa shape index (κ3) is 5.44. The summed E-state index contributed by atoms with van der Waals surface area (Å²) in [5, 5.41) is 0. The van der Waals surface area contributed by atoms with Gasteiger partial charge in [0, 0.05) is 11.9 Å². The predicted octanol–water partition coefficient (Wildman–Crippen LogP) is 0.830. The van der Waals surface area contributed by atoms with Crippen LogP contribution in [0.25, 0.3) is 0 Å². The molecule has 0 aliphatic heterocycles. The molecule has 0 bridgehead atoms. The molecule has 0 radical (unpaired) electrons. The molecule has 0 unspecified atom stereocenters. The third-order valence-corrected chi connectivity index (χ3v) is 1.34. The van der Waals surface area contributed by atoms with Gasteiger partial charge in [0.15, 0.2) is 0 Å². The zero-order valence-electron chi connectivity index (χ0n) is 6.56. The molecule has 60 valence electrons. The number of rotatable bonds is 5. The van der Waals surface area contributed by atoms with E-state index < -0.39 is 0 Å². The second kappa shape index (κ2) is 6.42. The minimum Gasteiger partial charge on any atom is -0.401 e. The van der Waals surface area contributed by atoms with Gasteiger partial charge in [-0.3, -0.25) is 5.84 Å². The molecule has 0 aliphatic carbocycles. The highest BCUT2D eigenvalue weighted by Gasteiger charge is 1.88. The predicted molar refractivity (Wildman–Crippen MR) is 43.7 cm³/mol. The van der Waals surface area contributed by atoms with Gasteiger partial charge in [0.2, 0.25) is 0 Å². The number of hydrogen-bond donors (Lipinski definition) is 3. The molecule has 0 saturated carbocycles. The van der Waals surface area contributed by atoms with Crippen LogP contribution in [0.4, 0.5) is 0 Å². The Balaban J connectivity index is 3.21. The van der Waals surface area contributed by atoms with E-state index in [-0.39, 0.29) is 0 Å². The summed E-state index contributed by atoms with van der Waals surface area (Å²) in [7, 11) is 0. The molecule has 5 N–H and O–H groups in total. The molecule has 0 heterocycles. The maximum Gasteiger partial charge on any atom is 0.0310 e. The Morgan fingerprint density at radius 1 is 1.50 bits per heavy atom. The van der Waals surface area contributed by atoms with Crippen molar-refractivity contribution in [2.24, 2.45) is 11.6 Å². The molecule has 0 spiro atoms. The highest BCUT2D eigenvalue weighted by atomic mass is 15.2. The van der Waals surface area contributed by atoms with E-state index in [0.29, 0.717) is 0 Å². The van der Waals surface area contributed by atoms with E-state index in [4.69, 9.17) is 11.6 Å². The lowest BCUT2D eigenvalue weighted by molar-refractivity contribution is 0.705. The summed E-state index contributed by atoms with van der Waals surface area (Å²) in [6, 6.07) is 0. The highest BCUT2D eigenvalue weighted by Crippen LogP contribution is 2.02. The van der Waals surface area contributed by atoms with Crippen molar-refractivity contribution in [3.8, 4) is 0 Å². The number of hydrogen-bond acceptors (Lipinski definition) is 3. The fourth-order valence-electron chi connectivity index (χ4n) is 0.758. The number of unbranched alkanes of at least 4 members (excludes halogenated alkanes) is 2. The molecule has 0 aromatic heterocycles. The maximum absolute atomic E-state index is 5.54. The van der Waals surface area contributed by atoms with Gasteiger partial charge in [-0.25, -0.2) is 0 Å². The van der Waals surface area contributed by atoms with Crippen molar-refractivity contribution in [3.63, 3.8) is 0 Å². The number of hydrazine groups is 1. The van der Waals surface area contributed by atoms with E-state index in [1.54, 1.807) is 6.20 Å². The summed E-state index contributed by atoms with van der Waals surface area (Å²) < 4.78 is 0. The van der Waals surface area contributed by atoms with Crippen molar-refractivity contribution >= 4 is 0 Å². The van der Waals surface area contributed by atoms with Crippen LogP contribution in [0.3, 0.4) is 0 Å². The van der Waals surface area contributed by atoms with Crippen LogP contribution in [0, 0.1) is 0 Å². The van der Waals surface area contributed by atoms with Crippen LogP contribution in [0.2, 0.25) is 0 Å². The van der Waals surface area contributed by atoms with Gasteiger partial charge in [0.25, 0.3) is 0 Å². The van der Waals surface area contributed by atoms with Crippen LogP contribution in [-0.2, 0) is 0 Å². The van der Waals surface area contributed by atoms with Crippen LogP contribution in [0.1, 0.15) is 32.6 Å². The quantitative estimate of drug-likeness (QED) is 0.303. The standard InChI is InChI=1S/C7H17N3/c1-2-3-4-5-7(8)6-10-9/h6,10H,2-5,8-9H2,1H3/b7-6-. The van der Waals surface area contributed by atoms with E-state index in [1.807, 2.05) is 0 Å². The van der Waals surface area contributed by atoms with E-state index in [1.165, 1.54) is 12.8 Å². The van der Waals surface area contributed by atoms with Crippen molar-refractivity contribution in [2.75, 3.05) is 0 Å². The van der Waals surface area contributed by atoms with Gasteiger partial charge in [0.05, 0.1) is 0 Å². The smallest absolute Gasteiger partial charge is 0.0310 e. The monoisotopic (exact) mass is 143 g/mol. The Bertz CT molecular complexity index is 99.0. The number of nitrogens with two attached hydrogens (primary N) is 2. The van der Waals surface area contributed by atoms with Gasteiger partial charge < -0.3 is 11.2 Å². The topological polar surface area (TPSA) is 64.1 Å². The molecule has 0 aromatic carbocycles. The highest BCUT2D eigenvalue weighted by molar-refractivity contribution is 4.93. The Morgan fingerprint density at radius 3 is 2.70 bits per heavy atom. The second-order valence-corrected chi connectivity index (χ2v) is 2.34. The lowest BCUT2D eigenvalue weighted by Crippen LogP contribution is -2.16. The zero-order valence-corrected chi connectivity index (χ0v) is 6.56. The van der Waals surface area contributed by atoms with Crippen molar-refractivity contribution in [1.82, 2.24) is 5.43 Å². The first kappa shape index (κ1) is 9.30. The third-order valence-electron chi connectivity index (χ3n) is 1.34. The van der Waals surface area contributed by atoms with Crippen molar-refractivity contribution in [1.29, 1.82) is 0 Å². The summed E-state index contributed by atoms with van der Waals surface area (Å²) in [5.74, 6) is 5.03. The van der Waals surface area contributed by atoms with Crippen molar-refractivity contribution < 1.29 is 0 Å². The average molecular weight is 143 g/mol. The molecule has 3 nitrogen and oxygen atoms in total. The van der Waals surface area contributed by atoms with Gasteiger partial charge in [-0.05, 0) is 12.8 Å². The largest absolute Gasteiger partial charge is 0.401 e. The molecular weight excluding hydrogens is 126 g/mol. The minimum absolute atomic E-state index is 0.830. The van der Waals surface area contributed by atoms with Gasteiger partial charge in [-0.15, -0.1) is 0 Å². The molecule has 3 heteroatoms. The van der Waals surface area contributed by atoms with Gasteiger partial charge in [0.1, 0.15) is 0 Å². The van der Waals surface area contributed by atoms with Crippen molar-refractivity contribution in [2.45, 2.75) is 32.6 Å². The van der Waals surface area contributed by atoms with Crippen LogP contribution in [0.15, 0.2) is 11.9 Å². The van der Waals surface area contributed by atoms with Gasteiger partial charge in [-0.2, -0.15) is 0 Å². The molecule has 0 saturated heterocycles. The van der Waals surface area contributed by atoms with E-state index in [9.17, 15) is 0 Å². The first-order chi connectivity index (χ1) is 4.81. The first-order valence-electron chi connectivity index (χ1n) is 3.72. The Labute approximate surface area is 62.4 Å². The molecule has 0 atom stereocenters. The summed E-state index contributed by atoms with van der Waals surface area (Å²) in [4.78, 5) is 0. The van der Waals surface area contributed by atoms with E-state index in [2.05, 4.69) is 12.3 Å². The summed E-state index contributed by atoms with van der Waals surface area (Å²) in [6.07, 6.45) is 6.19. The fraction of sp³-hybridized carbons (Fsp3) is 0.714. The van der Waals surface area contributed by atoms with Crippen LogP contribution in [0.5, 0.6) is 0 Å². The molecule has 0 aromatic rings. The molecule has 0 amide bonds. The maximum atomic E-state index is 5.54. The molecule has 0 fully saturated rings. The van der Waals surface area contributed by atoms with E-state index in [0.717, 1.165) is 18.5 Å². The van der Waals surface area contributed by atoms with Crippen LogP contribution < -0.4 is 17.0 Å². The Morgan fingerprint density at radius 2 is 2.20 bits per heavy atom. The minimum atomic E-state index is 0.830. The Kier molecular flexibility index (Phi) is 5.97. The van der Waals surface area contributed by atoms with E-state index >= 15 is 0 Å². The summed E-state index contributed by atoms with van der Waals surface area (Å²) in [6.45, 7) is 2.17. The molecular formula is C7H17N3. The normalized spacial score (nSPS) is 11.6. The molecule has 10 heavy (non-hydrogen) atoms. The zero-order chi connectivity index (χ0) is 7.82. The second-order valence-electron chi connectivity index (χ2n) is 2.34. The number of nitrogens with one attached hydrogen (secondary N) is 1.